The van der Waals surface area contributed by atoms with Crippen molar-refractivity contribution in [3.8, 4) is 5.75 Å². The fourth-order valence-electron chi connectivity index (χ4n) is 1.72. The molecule has 1 aliphatic carbocycles. The molecule has 5 nitrogen and oxygen atoms in total. The Bertz CT molecular complexity index is 524. The monoisotopic (exact) mass is 270 g/mol. The molecular weight excluding hydrogens is 252 g/mol. The van der Waals surface area contributed by atoms with Gasteiger partial charge in [-0.2, -0.15) is 0 Å². The molecule has 0 amide bonds. The Labute approximate surface area is 108 Å². The van der Waals surface area contributed by atoms with Crippen LogP contribution in [-0.4, -0.2) is 28.6 Å². The predicted molar refractivity (Wildman–Crippen MR) is 69.1 cm³/mol. The van der Waals surface area contributed by atoms with E-state index in [2.05, 4.69) is 10.0 Å². The van der Waals surface area contributed by atoms with Crippen molar-refractivity contribution in [2.24, 2.45) is 0 Å². The van der Waals surface area contributed by atoms with E-state index < -0.39 is 10.0 Å². The predicted octanol–water partition coefficient (Wildman–Crippen LogP) is 0.855. The van der Waals surface area contributed by atoms with Crippen LogP contribution in [0.4, 0.5) is 0 Å². The summed E-state index contributed by atoms with van der Waals surface area (Å²) in [5.74, 6) is 0.707. The average molecular weight is 270 g/mol. The second-order valence-corrected chi connectivity index (χ2v) is 6.22. The van der Waals surface area contributed by atoms with Gasteiger partial charge in [-0.3, -0.25) is 0 Å². The zero-order valence-electron chi connectivity index (χ0n) is 10.6. The van der Waals surface area contributed by atoms with E-state index in [-0.39, 0.29) is 4.90 Å². The molecule has 1 saturated carbocycles. The van der Waals surface area contributed by atoms with Gasteiger partial charge in [0.25, 0.3) is 0 Å². The minimum atomic E-state index is -3.40. The molecular formula is C12H18N2O3S. The highest BCUT2D eigenvalue weighted by Crippen LogP contribution is 2.24. The number of benzene rings is 1. The van der Waals surface area contributed by atoms with Gasteiger partial charge in [-0.15, -0.1) is 0 Å². The first-order valence-electron chi connectivity index (χ1n) is 5.90. The van der Waals surface area contributed by atoms with Crippen molar-refractivity contribution >= 4 is 10.0 Å². The van der Waals surface area contributed by atoms with Gasteiger partial charge in [0.05, 0.1) is 12.0 Å². The highest BCUT2D eigenvalue weighted by Gasteiger charge is 2.21. The number of nitrogens with one attached hydrogen (secondary N) is 2. The molecule has 1 aromatic carbocycles. The van der Waals surface area contributed by atoms with Gasteiger partial charge in [0.15, 0.2) is 0 Å². The van der Waals surface area contributed by atoms with Gasteiger partial charge in [0, 0.05) is 18.2 Å². The largest absolute Gasteiger partial charge is 0.496 e. The Hall–Kier alpha value is -1.11. The van der Waals surface area contributed by atoms with Crippen LogP contribution in [0, 0.1) is 0 Å². The number of hydrogen-bond acceptors (Lipinski definition) is 4. The summed E-state index contributed by atoms with van der Waals surface area (Å²) in [4.78, 5) is 0.262. The average Bonchev–Trinajstić information content (AvgIpc) is 3.20. The molecule has 1 aromatic rings. The number of hydrogen-bond donors (Lipinski definition) is 2. The summed E-state index contributed by atoms with van der Waals surface area (Å²) in [6.45, 7) is 0.626. The summed E-state index contributed by atoms with van der Waals surface area (Å²) in [5.41, 5.74) is 0.862. The zero-order valence-corrected chi connectivity index (χ0v) is 11.4. The topological polar surface area (TPSA) is 67.4 Å². The zero-order chi connectivity index (χ0) is 13.2. The van der Waals surface area contributed by atoms with Crippen molar-refractivity contribution in [2.75, 3.05) is 14.2 Å². The van der Waals surface area contributed by atoms with E-state index >= 15 is 0 Å². The summed E-state index contributed by atoms with van der Waals surface area (Å²) in [5, 5.41) is 3.35. The number of rotatable bonds is 6. The molecule has 1 fully saturated rings. The lowest BCUT2D eigenvalue weighted by molar-refractivity contribution is 0.407. The lowest BCUT2D eigenvalue weighted by Gasteiger charge is -2.11. The Morgan fingerprint density at radius 2 is 2.11 bits per heavy atom. The standard InChI is InChI=1S/C12H18N2O3S/c1-13-18(15,16)11-5-6-12(17-2)9(7-11)8-14-10-3-4-10/h5-7,10,13-14H,3-4,8H2,1-2H3. The van der Waals surface area contributed by atoms with Crippen molar-refractivity contribution in [2.45, 2.75) is 30.3 Å². The number of sulfonamides is 1. The SMILES string of the molecule is CNS(=O)(=O)c1ccc(OC)c(CNC2CC2)c1. The molecule has 0 unspecified atom stereocenters. The molecule has 0 aromatic heterocycles. The molecule has 0 spiro atoms. The van der Waals surface area contributed by atoms with Crippen LogP contribution in [0.5, 0.6) is 5.75 Å². The molecule has 2 rings (SSSR count). The maximum Gasteiger partial charge on any atom is 0.240 e. The van der Waals surface area contributed by atoms with Crippen molar-refractivity contribution in [1.82, 2.24) is 10.0 Å². The molecule has 0 bridgehead atoms. The summed E-state index contributed by atoms with van der Waals surface area (Å²) in [6.07, 6.45) is 2.38. The normalized spacial score (nSPS) is 15.7. The van der Waals surface area contributed by atoms with E-state index in [1.165, 1.54) is 19.9 Å². The van der Waals surface area contributed by atoms with Crippen molar-refractivity contribution in [3.05, 3.63) is 23.8 Å². The van der Waals surface area contributed by atoms with Crippen LogP contribution in [-0.2, 0) is 16.6 Å². The minimum absolute atomic E-state index is 0.262. The quantitative estimate of drug-likeness (QED) is 0.804. The van der Waals surface area contributed by atoms with E-state index in [0.29, 0.717) is 18.3 Å². The third-order valence-electron chi connectivity index (χ3n) is 2.99. The fraction of sp³-hybridized carbons (Fsp3) is 0.500. The molecule has 0 atom stereocenters. The third-order valence-corrected chi connectivity index (χ3v) is 4.40. The van der Waals surface area contributed by atoms with Crippen LogP contribution in [0.25, 0.3) is 0 Å². The van der Waals surface area contributed by atoms with Crippen LogP contribution in [0.1, 0.15) is 18.4 Å². The van der Waals surface area contributed by atoms with Gasteiger partial charge in [-0.25, -0.2) is 13.1 Å². The molecule has 0 radical (unpaired) electrons. The minimum Gasteiger partial charge on any atom is -0.496 e. The molecule has 18 heavy (non-hydrogen) atoms. The van der Waals surface area contributed by atoms with Crippen molar-refractivity contribution < 1.29 is 13.2 Å². The number of ether oxygens (including phenoxy) is 1. The Kier molecular flexibility index (Phi) is 3.89. The summed E-state index contributed by atoms with van der Waals surface area (Å²) < 4.78 is 31.0. The second kappa shape index (κ2) is 5.26. The molecule has 0 heterocycles. The Balaban J connectivity index is 2.25. The first-order valence-corrected chi connectivity index (χ1v) is 7.39. The van der Waals surface area contributed by atoms with Gasteiger partial charge >= 0.3 is 0 Å². The molecule has 100 valence electrons. The molecule has 2 N–H and O–H groups in total. The summed E-state index contributed by atoms with van der Waals surface area (Å²) >= 11 is 0. The van der Waals surface area contributed by atoms with Crippen LogP contribution < -0.4 is 14.8 Å². The lowest BCUT2D eigenvalue weighted by Crippen LogP contribution is -2.20. The first-order chi connectivity index (χ1) is 8.56. The Morgan fingerprint density at radius 3 is 2.67 bits per heavy atom. The molecule has 0 aliphatic heterocycles. The van der Waals surface area contributed by atoms with E-state index in [1.54, 1.807) is 25.3 Å². The summed E-state index contributed by atoms with van der Waals surface area (Å²) in [6, 6.07) is 5.46. The van der Waals surface area contributed by atoms with E-state index in [1.807, 2.05) is 0 Å². The maximum atomic E-state index is 11.7. The van der Waals surface area contributed by atoms with Gasteiger partial charge in [0.1, 0.15) is 5.75 Å². The van der Waals surface area contributed by atoms with Gasteiger partial charge in [0.2, 0.25) is 10.0 Å². The smallest absolute Gasteiger partial charge is 0.240 e. The van der Waals surface area contributed by atoms with Gasteiger partial charge in [-0.1, -0.05) is 0 Å². The Morgan fingerprint density at radius 1 is 1.39 bits per heavy atom. The van der Waals surface area contributed by atoms with E-state index in [0.717, 1.165) is 5.56 Å². The second-order valence-electron chi connectivity index (χ2n) is 4.34. The molecule has 0 saturated heterocycles. The first kappa shape index (κ1) is 13.3. The maximum absolute atomic E-state index is 11.7. The van der Waals surface area contributed by atoms with Crippen molar-refractivity contribution in [3.63, 3.8) is 0 Å². The molecule has 1 aliphatic rings. The van der Waals surface area contributed by atoms with Crippen LogP contribution in [0.2, 0.25) is 0 Å². The lowest BCUT2D eigenvalue weighted by atomic mass is 10.2. The van der Waals surface area contributed by atoms with Crippen molar-refractivity contribution in [1.29, 1.82) is 0 Å². The molecule has 6 heteroatoms. The van der Waals surface area contributed by atoms with Crippen LogP contribution in [0.15, 0.2) is 23.1 Å². The van der Waals surface area contributed by atoms with Gasteiger partial charge < -0.3 is 10.1 Å². The number of methoxy groups -OCH3 is 1. The third kappa shape index (κ3) is 3.01. The van der Waals surface area contributed by atoms with E-state index in [9.17, 15) is 8.42 Å². The van der Waals surface area contributed by atoms with E-state index in [4.69, 9.17) is 4.74 Å². The highest BCUT2D eigenvalue weighted by atomic mass is 32.2. The highest BCUT2D eigenvalue weighted by molar-refractivity contribution is 7.89. The van der Waals surface area contributed by atoms with Crippen LogP contribution >= 0.6 is 0 Å². The summed E-state index contributed by atoms with van der Waals surface area (Å²) in [7, 11) is -0.412. The van der Waals surface area contributed by atoms with Crippen LogP contribution in [0.3, 0.4) is 0 Å². The van der Waals surface area contributed by atoms with Gasteiger partial charge in [-0.05, 0) is 38.1 Å². The fourth-order valence-corrected chi connectivity index (χ4v) is 2.50.